The van der Waals surface area contributed by atoms with E-state index in [4.69, 9.17) is 25.2 Å². The molecule has 0 aromatic carbocycles. The minimum atomic E-state index is -2.85. The number of rotatable bonds is 5. The van der Waals surface area contributed by atoms with E-state index in [1.54, 1.807) is 87.8 Å². The first-order valence-corrected chi connectivity index (χ1v) is 24.3. The Morgan fingerprint density at radius 1 is 0.797 bits per heavy atom. The molecule has 5 N–H and O–H groups in total. The van der Waals surface area contributed by atoms with Crippen molar-refractivity contribution in [1.29, 1.82) is 0 Å². The number of ketones is 1. The van der Waals surface area contributed by atoms with Gasteiger partial charge in [0.25, 0.3) is 0 Å². The van der Waals surface area contributed by atoms with Crippen molar-refractivity contribution in [3.63, 3.8) is 0 Å². The van der Waals surface area contributed by atoms with Gasteiger partial charge < -0.3 is 25.2 Å². The monoisotopic (exact) mass is 954 g/mol. The first-order chi connectivity index (χ1) is 28.0. The molecule has 0 amide bonds. The Morgan fingerprint density at radius 3 is 1.41 bits per heavy atom. The molecule has 0 fully saturated rings. The number of carbonyl (C=O) groups is 3. The molecule has 25 heteroatoms. The van der Waals surface area contributed by atoms with Crippen LogP contribution in [-0.2, 0) is 52.7 Å². The van der Waals surface area contributed by atoms with Crippen molar-refractivity contribution in [1.82, 2.24) is 40.4 Å². The van der Waals surface area contributed by atoms with E-state index in [0.29, 0.717) is 18.4 Å². The van der Waals surface area contributed by atoms with Gasteiger partial charge in [-0.3, -0.25) is 18.9 Å². The van der Waals surface area contributed by atoms with E-state index in [2.05, 4.69) is 60.0 Å². The van der Waals surface area contributed by atoms with Crippen LogP contribution in [0.5, 0.6) is 0 Å². The van der Waals surface area contributed by atoms with Crippen LogP contribution in [0.4, 0.5) is 0 Å². The van der Waals surface area contributed by atoms with E-state index in [9.17, 15) is 27.4 Å². The van der Waals surface area contributed by atoms with Gasteiger partial charge in [0, 0.05) is 34.8 Å². The van der Waals surface area contributed by atoms with Crippen molar-refractivity contribution < 1.29 is 52.5 Å². The van der Waals surface area contributed by atoms with Crippen LogP contribution < -0.4 is 0 Å². The number of aromatic nitrogens is 8. The second-order valence-electron chi connectivity index (χ2n) is 21.2. The zero-order valence-electron chi connectivity index (χ0n) is 42.7. The maximum absolute atomic E-state index is 10.9. The lowest BCUT2D eigenvalue weighted by Gasteiger charge is -2.21. The fourth-order valence-electron chi connectivity index (χ4n) is 2.33. The minimum Gasteiger partial charge on any atom is -0.481 e. The number of carboxylic acids is 2. The van der Waals surface area contributed by atoms with E-state index in [1.165, 1.54) is 19.8 Å². The minimum absolute atomic E-state index is 0.0535. The molecule has 22 nitrogen and oxygen atoms in total. The van der Waals surface area contributed by atoms with Crippen molar-refractivity contribution in [2.24, 2.45) is 26.6 Å². The summed E-state index contributed by atoms with van der Waals surface area (Å²) in [6, 6.07) is 0. The Hall–Kier alpha value is -3.86. The van der Waals surface area contributed by atoms with Crippen LogP contribution in [-0.4, -0.2) is 134 Å². The standard InChI is InChI=1S/C8H14N4O.C7H12N4O2.C5H9N3.C5H13O2P.C5H12O2S.C5H10O2.C4H11BO2/c1-6(13)5-12-7(8(2,3)4)9-10-11-12;1-7(2,3)6-8-10-11(9-6)4-5(12)13;1-4(2)5-6-3-7-8-5;2*1-5(2,3)8(4,6)7;1-5(2,3)4(6)7;1-4(2,3)5(6)7/h5H2,1-4H3;4H2,1-3H3,(H,12,13);4H,3H2,1-2H3;1-4H3,(H,6,7);1-4H3;1-3H3,(H,6,7);6-7H,1-3H3. The van der Waals surface area contributed by atoms with Gasteiger partial charge in [0.2, 0.25) is 7.37 Å². The zero-order chi connectivity index (χ0) is 52.3. The second-order valence-corrected chi connectivity index (χ2v) is 27.1. The normalized spacial score (nSPS) is 13.7. The summed E-state index contributed by atoms with van der Waals surface area (Å²) >= 11 is 0. The number of tetrazole rings is 2. The number of Topliss-reactive ketones (excluding diaryl/α,β-unsaturated/α-hetero) is 1. The van der Waals surface area contributed by atoms with Crippen molar-refractivity contribution in [2.75, 3.05) is 19.6 Å². The summed E-state index contributed by atoms with van der Waals surface area (Å²) in [5, 5.41) is 62.8. The molecule has 64 heavy (non-hydrogen) atoms. The molecular formula is C39H81BN11O11PS. The van der Waals surface area contributed by atoms with E-state index >= 15 is 0 Å². The fraction of sp³-hybridized carbons (Fsp3) is 0.846. The van der Waals surface area contributed by atoms with Crippen LogP contribution in [0.3, 0.4) is 0 Å². The number of azo groups is 1. The van der Waals surface area contributed by atoms with Gasteiger partial charge in [0.1, 0.15) is 12.4 Å². The highest BCUT2D eigenvalue weighted by molar-refractivity contribution is 7.92. The maximum Gasteiger partial charge on any atom is 0.457 e. The van der Waals surface area contributed by atoms with Crippen molar-refractivity contribution in [3.05, 3.63) is 11.6 Å². The third kappa shape index (κ3) is 32.7. The molecule has 2 aromatic rings. The lowest BCUT2D eigenvalue weighted by Crippen LogP contribution is -2.26. The van der Waals surface area contributed by atoms with Crippen molar-refractivity contribution in [3.8, 4) is 0 Å². The highest BCUT2D eigenvalue weighted by Crippen LogP contribution is 2.49. The molecule has 0 spiro atoms. The highest BCUT2D eigenvalue weighted by Gasteiger charge is 2.29. The lowest BCUT2D eigenvalue weighted by atomic mass is 9.62. The summed E-state index contributed by atoms with van der Waals surface area (Å²) in [5.74, 6) is 0.922. The molecule has 0 saturated carbocycles. The van der Waals surface area contributed by atoms with Gasteiger partial charge in [-0.1, -0.05) is 96.9 Å². The van der Waals surface area contributed by atoms with E-state index in [1.807, 2.05) is 41.5 Å². The number of nitrogens with zero attached hydrogens (tertiary/aromatic N) is 11. The molecule has 1 atom stereocenters. The predicted octanol–water partition coefficient (Wildman–Crippen LogP) is 5.97. The summed E-state index contributed by atoms with van der Waals surface area (Å²) < 4.78 is 33.1. The Morgan fingerprint density at radius 2 is 1.20 bits per heavy atom. The van der Waals surface area contributed by atoms with Crippen LogP contribution in [0.2, 0.25) is 5.31 Å². The predicted molar refractivity (Wildman–Crippen MR) is 250 cm³/mol. The third-order valence-corrected chi connectivity index (χ3v) is 12.4. The van der Waals surface area contributed by atoms with E-state index in [0.717, 1.165) is 16.5 Å². The Kier molecular flexibility index (Phi) is 28.1. The maximum atomic E-state index is 10.9. The molecule has 0 aliphatic carbocycles. The number of hydrogen-bond acceptors (Lipinski definition) is 17. The van der Waals surface area contributed by atoms with Crippen LogP contribution in [0, 0.1) is 11.3 Å². The van der Waals surface area contributed by atoms with Crippen LogP contribution in [0.15, 0.2) is 15.2 Å². The average Bonchev–Trinajstić information content (AvgIpc) is 3.82. The summed E-state index contributed by atoms with van der Waals surface area (Å²) in [6.07, 6.45) is 1.24. The van der Waals surface area contributed by atoms with Gasteiger partial charge in [-0.2, -0.15) is 9.91 Å². The summed E-state index contributed by atoms with van der Waals surface area (Å²) in [5.41, 5.74) is -0.907. The molecule has 0 radical (unpaired) electrons. The third-order valence-electron chi connectivity index (χ3n) is 7.73. The van der Waals surface area contributed by atoms with Gasteiger partial charge in [0.05, 0.1) is 10.2 Å². The van der Waals surface area contributed by atoms with Gasteiger partial charge in [0.15, 0.2) is 40.5 Å². The van der Waals surface area contributed by atoms with Gasteiger partial charge in [-0.15, -0.1) is 20.4 Å². The van der Waals surface area contributed by atoms with Crippen LogP contribution in [0.1, 0.15) is 157 Å². The number of amidine groups is 1. The SMILES string of the molecule is CC(=O)Cn1nnnc1C(C)(C)C.CC(C)(C)B(O)O.CC(C)(C)C(=O)O.CC(C)(C)P(C)(=O)O.CC(C)(C)S(C)(=O)=O.CC(C)(C)c1nnn(CC(=O)O)n1.CC(C)C1=NCN=N1. The molecule has 0 bridgehead atoms. The molecule has 0 saturated heterocycles. The smallest absolute Gasteiger partial charge is 0.457 e. The molecule has 1 aliphatic rings. The number of aliphatic carboxylic acids is 2. The largest absolute Gasteiger partial charge is 0.481 e. The van der Waals surface area contributed by atoms with E-state index < -0.39 is 51.6 Å². The fourth-order valence-corrected chi connectivity index (χ4v) is 2.33. The zero-order valence-corrected chi connectivity index (χ0v) is 44.4. The molecule has 1 aliphatic heterocycles. The van der Waals surface area contributed by atoms with Gasteiger partial charge >= 0.3 is 19.1 Å². The van der Waals surface area contributed by atoms with Crippen LogP contribution in [0.25, 0.3) is 0 Å². The first kappa shape index (κ1) is 66.7. The van der Waals surface area contributed by atoms with Crippen molar-refractivity contribution >= 4 is 47.9 Å². The van der Waals surface area contributed by atoms with Gasteiger partial charge in [-0.25, -0.2) is 18.1 Å². The lowest BCUT2D eigenvalue weighted by molar-refractivity contribution is -0.146. The number of aliphatic imine (C=N–C) groups is 1. The Bertz CT molecular complexity index is 1940. The molecular weight excluding hydrogens is 872 g/mol. The Balaban J connectivity index is -0.000000334. The average molecular weight is 954 g/mol. The highest BCUT2D eigenvalue weighted by atomic mass is 32.2. The molecule has 2 aromatic heterocycles. The summed E-state index contributed by atoms with van der Waals surface area (Å²) in [6.45, 7) is 40.0. The summed E-state index contributed by atoms with van der Waals surface area (Å²) in [7, 11) is -6.89. The number of carbonyl (C=O) groups excluding carboxylic acids is 1. The topological polar surface area (TPSA) is 328 Å². The van der Waals surface area contributed by atoms with Crippen LogP contribution >= 0.6 is 7.37 Å². The second kappa shape index (κ2) is 26.9. The number of sulfone groups is 1. The quantitative estimate of drug-likeness (QED) is 0.170. The van der Waals surface area contributed by atoms with E-state index in [-0.39, 0.29) is 35.0 Å². The molecule has 1 unspecified atom stereocenters. The number of hydrogen-bond donors (Lipinski definition) is 5. The van der Waals surface area contributed by atoms with Gasteiger partial charge in [-0.05, 0) is 69.4 Å². The summed E-state index contributed by atoms with van der Waals surface area (Å²) in [4.78, 5) is 45.2. The van der Waals surface area contributed by atoms with Crippen molar-refractivity contribution in [2.45, 2.75) is 185 Å². The number of carboxylic acid groups (broad SMARTS) is 2. The molecule has 372 valence electrons. The first-order valence-electron chi connectivity index (χ1n) is 20.3. The molecule has 3 rings (SSSR count). The molecule has 3 heterocycles. The Labute approximate surface area is 382 Å².